The van der Waals surface area contributed by atoms with E-state index in [1.807, 2.05) is 6.92 Å². The van der Waals surface area contributed by atoms with E-state index in [-0.39, 0.29) is 25.5 Å². The third kappa shape index (κ3) is 4.41. The van der Waals surface area contributed by atoms with E-state index in [0.717, 1.165) is 0 Å². The molecule has 0 aromatic heterocycles. The first-order valence-electron chi connectivity index (χ1n) is 6.06. The van der Waals surface area contributed by atoms with Crippen molar-refractivity contribution in [2.24, 2.45) is 0 Å². The van der Waals surface area contributed by atoms with Gasteiger partial charge in [0.1, 0.15) is 5.75 Å². The normalized spacial score (nSPS) is 11.9. The van der Waals surface area contributed by atoms with E-state index in [1.165, 1.54) is 6.07 Å². The van der Waals surface area contributed by atoms with Crippen LogP contribution in [-0.2, 0) is 6.54 Å². The zero-order valence-electron chi connectivity index (χ0n) is 10.8. The van der Waals surface area contributed by atoms with Crippen LogP contribution < -0.4 is 10.1 Å². The third-order valence-electron chi connectivity index (χ3n) is 3.12. The number of rotatable bonds is 8. The van der Waals surface area contributed by atoms with E-state index < -0.39 is 12.2 Å². The first-order valence-corrected chi connectivity index (χ1v) is 6.06. The highest BCUT2D eigenvalue weighted by Gasteiger charge is 2.26. The lowest BCUT2D eigenvalue weighted by atomic mass is 9.98. The molecule has 0 aliphatic heterocycles. The molecule has 1 aromatic rings. The van der Waals surface area contributed by atoms with Crippen molar-refractivity contribution in [3.8, 4) is 5.75 Å². The molecule has 0 atom stereocenters. The molecule has 0 saturated carbocycles. The van der Waals surface area contributed by atoms with Crippen molar-refractivity contribution >= 4 is 0 Å². The summed E-state index contributed by atoms with van der Waals surface area (Å²) in [4.78, 5) is 0. The quantitative estimate of drug-likeness (QED) is 0.673. The lowest BCUT2D eigenvalue weighted by molar-refractivity contribution is -0.0506. The van der Waals surface area contributed by atoms with Crippen molar-refractivity contribution in [2.45, 2.75) is 32.0 Å². The molecule has 19 heavy (non-hydrogen) atoms. The summed E-state index contributed by atoms with van der Waals surface area (Å²) in [6.07, 6.45) is 0.512. The van der Waals surface area contributed by atoms with Crippen LogP contribution in [-0.4, -0.2) is 35.6 Å². The molecule has 0 aliphatic rings. The molecule has 0 aliphatic carbocycles. The maximum atomic E-state index is 12.3. The fourth-order valence-corrected chi connectivity index (χ4v) is 1.65. The van der Waals surface area contributed by atoms with Gasteiger partial charge in [0.25, 0.3) is 0 Å². The minimum Gasteiger partial charge on any atom is -0.434 e. The first-order chi connectivity index (χ1) is 9.06. The summed E-state index contributed by atoms with van der Waals surface area (Å²) in [5.74, 6) is 0.0888. The van der Waals surface area contributed by atoms with Gasteiger partial charge in [-0.2, -0.15) is 8.78 Å². The fraction of sp³-hybridized carbons (Fsp3) is 0.538. The van der Waals surface area contributed by atoms with Gasteiger partial charge in [-0.15, -0.1) is 0 Å². The van der Waals surface area contributed by atoms with Crippen molar-refractivity contribution in [3.05, 3.63) is 29.8 Å². The van der Waals surface area contributed by atoms with E-state index in [4.69, 9.17) is 0 Å². The largest absolute Gasteiger partial charge is 0.434 e. The molecule has 4 nitrogen and oxygen atoms in total. The molecule has 1 rings (SSSR count). The Morgan fingerprint density at radius 2 is 1.89 bits per heavy atom. The number of benzene rings is 1. The lowest BCUT2D eigenvalue weighted by Gasteiger charge is -2.30. The molecule has 0 fully saturated rings. The Morgan fingerprint density at radius 3 is 2.42 bits per heavy atom. The van der Waals surface area contributed by atoms with Crippen molar-refractivity contribution in [2.75, 3.05) is 13.2 Å². The van der Waals surface area contributed by atoms with E-state index in [1.54, 1.807) is 18.2 Å². The number of halogens is 2. The van der Waals surface area contributed by atoms with Gasteiger partial charge in [0.05, 0.1) is 18.8 Å². The van der Waals surface area contributed by atoms with Crippen molar-refractivity contribution < 1.29 is 23.7 Å². The number of alkyl halides is 2. The van der Waals surface area contributed by atoms with Crippen LogP contribution in [0.2, 0.25) is 0 Å². The average Bonchev–Trinajstić information content (AvgIpc) is 2.42. The van der Waals surface area contributed by atoms with Crippen molar-refractivity contribution in [3.63, 3.8) is 0 Å². The predicted molar refractivity (Wildman–Crippen MR) is 67.1 cm³/mol. The Balaban J connectivity index is 2.76. The molecule has 6 heteroatoms. The van der Waals surface area contributed by atoms with Crippen LogP contribution in [0.4, 0.5) is 8.78 Å². The smallest absolute Gasteiger partial charge is 0.387 e. The molecule has 0 spiro atoms. The van der Waals surface area contributed by atoms with Gasteiger partial charge >= 0.3 is 6.61 Å². The van der Waals surface area contributed by atoms with Crippen LogP contribution in [0, 0.1) is 0 Å². The van der Waals surface area contributed by atoms with E-state index >= 15 is 0 Å². The van der Waals surface area contributed by atoms with Crippen LogP contribution in [0.5, 0.6) is 5.75 Å². The van der Waals surface area contributed by atoms with Crippen LogP contribution in [0.25, 0.3) is 0 Å². The SMILES string of the molecule is CCC(CO)(CO)NCc1ccccc1OC(F)F. The molecule has 0 amide bonds. The van der Waals surface area contributed by atoms with Crippen LogP contribution in [0.15, 0.2) is 24.3 Å². The topological polar surface area (TPSA) is 61.7 Å². The standard InChI is InChI=1S/C13H19F2NO3/c1-2-13(8-17,9-18)16-7-10-5-3-4-6-11(10)19-12(14)15/h3-6,12,16-18H,2,7-9H2,1H3. The van der Waals surface area contributed by atoms with Gasteiger partial charge in [-0.05, 0) is 12.5 Å². The first kappa shape index (κ1) is 15.8. The molecule has 0 unspecified atom stereocenters. The fourth-order valence-electron chi connectivity index (χ4n) is 1.65. The highest BCUT2D eigenvalue weighted by molar-refractivity contribution is 5.33. The minimum absolute atomic E-state index is 0.0888. The number of nitrogens with one attached hydrogen (secondary N) is 1. The molecular weight excluding hydrogens is 256 g/mol. The van der Waals surface area contributed by atoms with Gasteiger partial charge < -0.3 is 20.3 Å². The maximum absolute atomic E-state index is 12.3. The highest BCUT2D eigenvalue weighted by atomic mass is 19.3. The highest BCUT2D eigenvalue weighted by Crippen LogP contribution is 2.21. The van der Waals surface area contributed by atoms with Crippen LogP contribution in [0.3, 0.4) is 0 Å². The van der Waals surface area contributed by atoms with Crippen molar-refractivity contribution in [1.29, 1.82) is 0 Å². The van der Waals surface area contributed by atoms with Gasteiger partial charge in [0.2, 0.25) is 0 Å². The second-order valence-electron chi connectivity index (χ2n) is 4.29. The Labute approximate surface area is 111 Å². The summed E-state index contributed by atoms with van der Waals surface area (Å²) in [5.41, 5.74) is -0.277. The second-order valence-corrected chi connectivity index (χ2v) is 4.29. The number of aliphatic hydroxyl groups excluding tert-OH is 2. The Morgan fingerprint density at radius 1 is 1.26 bits per heavy atom. The summed E-state index contributed by atoms with van der Waals surface area (Å²) in [7, 11) is 0. The van der Waals surface area contributed by atoms with Gasteiger partial charge in [-0.3, -0.25) is 0 Å². The maximum Gasteiger partial charge on any atom is 0.387 e. The number of hydrogen-bond donors (Lipinski definition) is 3. The molecule has 0 saturated heterocycles. The molecule has 0 bridgehead atoms. The summed E-state index contributed by atoms with van der Waals surface area (Å²) in [6, 6.07) is 6.42. The zero-order valence-corrected chi connectivity index (χ0v) is 10.8. The minimum atomic E-state index is -2.88. The molecule has 0 radical (unpaired) electrons. The summed E-state index contributed by atoms with van der Waals surface area (Å²) in [6.45, 7) is -1.32. The number of hydrogen-bond acceptors (Lipinski definition) is 4. The van der Waals surface area contributed by atoms with E-state index in [0.29, 0.717) is 12.0 Å². The summed E-state index contributed by atoms with van der Waals surface area (Å²) in [5, 5.41) is 21.6. The number of aliphatic hydroxyl groups is 2. The van der Waals surface area contributed by atoms with Crippen LogP contribution in [0.1, 0.15) is 18.9 Å². The van der Waals surface area contributed by atoms with Gasteiger partial charge in [-0.1, -0.05) is 25.1 Å². The lowest BCUT2D eigenvalue weighted by Crippen LogP contribution is -2.50. The monoisotopic (exact) mass is 275 g/mol. The number of para-hydroxylation sites is 1. The summed E-state index contributed by atoms with van der Waals surface area (Å²) < 4.78 is 28.9. The average molecular weight is 275 g/mol. The molecule has 1 aromatic carbocycles. The van der Waals surface area contributed by atoms with E-state index in [2.05, 4.69) is 10.1 Å². The Hall–Kier alpha value is -1.24. The molecule has 0 heterocycles. The second kappa shape index (κ2) is 7.37. The van der Waals surface area contributed by atoms with Crippen molar-refractivity contribution in [1.82, 2.24) is 5.32 Å². The number of ether oxygens (including phenoxy) is 1. The third-order valence-corrected chi connectivity index (χ3v) is 3.12. The van der Waals surface area contributed by atoms with Gasteiger partial charge in [-0.25, -0.2) is 0 Å². The Kier molecular flexibility index (Phi) is 6.14. The Bertz CT molecular complexity index is 376. The van der Waals surface area contributed by atoms with E-state index in [9.17, 15) is 19.0 Å². The molecule has 108 valence electrons. The van der Waals surface area contributed by atoms with Crippen LogP contribution >= 0.6 is 0 Å². The van der Waals surface area contributed by atoms with Gasteiger partial charge in [0.15, 0.2) is 0 Å². The zero-order chi connectivity index (χ0) is 14.3. The molecular formula is C13H19F2NO3. The summed E-state index contributed by atoms with van der Waals surface area (Å²) >= 11 is 0. The predicted octanol–water partition coefficient (Wildman–Crippen LogP) is 1.51. The van der Waals surface area contributed by atoms with Gasteiger partial charge in [0, 0.05) is 12.1 Å². The molecule has 3 N–H and O–H groups in total.